The maximum absolute atomic E-state index is 12.9. The van der Waals surface area contributed by atoms with E-state index in [1.165, 1.54) is 24.3 Å². The van der Waals surface area contributed by atoms with Gasteiger partial charge >= 0.3 is 0 Å². The van der Waals surface area contributed by atoms with Crippen molar-refractivity contribution in [1.29, 1.82) is 0 Å². The lowest BCUT2D eigenvalue weighted by Crippen LogP contribution is -2.41. The first-order valence-corrected chi connectivity index (χ1v) is 7.88. The zero-order chi connectivity index (χ0) is 17.1. The van der Waals surface area contributed by atoms with Crippen molar-refractivity contribution in [3.05, 3.63) is 47.9 Å². The zero-order valence-electron chi connectivity index (χ0n) is 13.4. The van der Waals surface area contributed by atoms with Crippen molar-refractivity contribution in [2.75, 3.05) is 18.4 Å². The summed E-state index contributed by atoms with van der Waals surface area (Å²) in [6.45, 7) is 1.02. The van der Waals surface area contributed by atoms with Crippen LogP contribution in [0.3, 0.4) is 0 Å². The summed E-state index contributed by atoms with van der Waals surface area (Å²) >= 11 is 0. The molecule has 1 fully saturated rings. The van der Waals surface area contributed by atoms with Gasteiger partial charge in [0.25, 0.3) is 5.91 Å². The van der Waals surface area contributed by atoms with E-state index in [2.05, 4.69) is 10.4 Å². The largest absolute Gasteiger partial charge is 0.339 e. The Labute approximate surface area is 139 Å². The molecule has 6 nitrogen and oxygen atoms in total. The van der Waals surface area contributed by atoms with Gasteiger partial charge in [0.1, 0.15) is 5.82 Å². The Balaban J connectivity index is 1.54. The minimum Gasteiger partial charge on any atom is -0.339 e. The van der Waals surface area contributed by atoms with Gasteiger partial charge in [0, 0.05) is 43.9 Å². The summed E-state index contributed by atoms with van der Waals surface area (Å²) in [5, 5.41) is 6.92. The highest BCUT2D eigenvalue weighted by molar-refractivity contribution is 5.95. The van der Waals surface area contributed by atoms with E-state index in [1.54, 1.807) is 28.9 Å². The number of piperidine rings is 1. The molecule has 2 aromatic rings. The molecule has 0 atom stereocenters. The van der Waals surface area contributed by atoms with Crippen LogP contribution in [0.5, 0.6) is 0 Å². The number of carbonyl (C=O) groups is 2. The van der Waals surface area contributed by atoms with E-state index in [1.807, 2.05) is 0 Å². The minimum absolute atomic E-state index is 0.0671. The van der Waals surface area contributed by atoms with Crippen LogP contribution in [0.2, 0.25) is 0 Å². The van der Waals surface area contributed by atoms with Crippen molar-refractivity contribution in [3.8, 4) is 0 Å². The average Bonchev–Trinajstić information content (AvgIpc) is 3.00. The van der Waals surface area contributed by atoms with E-state index in [4.69, 9.17) is 0 Å². The van der Waals surface area contributed by atoms with Gasteiger partial charge in [-0.15, -0.1) is 0 Å². The summed E-state index contributed by atoms with van der Waals surface area (Å²) in [6.07, 6.45) is 2.97. The van der Waals surface area contributed by atoms with Crippen molar-refractivity contribution in [3.63, 3.8) is 0 Å². The molecule has 0 aliphatic carbocycles. The van der Waals surface area contributed by atoms with E-state index in [9.17, 15) is 14.0 Å². The zero-order valence-corrected chi connectivity index (χ0v) is 13.4. The maximum Gasteiger partial charge on any atom is 0.253 e. The molecule has 2 heterocycles. The molecule has 0 spiro atoms. The second-order valence-corrected chi connectivity index (χ2v) is 5.94. The lowest BCUT2D eigenvalue weighted by atomic mass is 9.95. The topological polar surface area (TPSA) is 67.2 Å². The highest BCUT2D eigenvalue weighted by atomic mass is 19.1. The molecule has 1 aliphatic rings. The lowest BCUT2D eigenvalue weighted by molar-refractivity contribution is -0.121. The number of anilines is 1. The van der Waals surface area contributed by atoms with Crippen LogP contribution in [0, 0.1) is 11.7 Å². The fraction of sp³-hybridized carbons (Fsp3) is 0.353. The van der Waals surface area contributed by atoms with Crippen molar-refractivity contribution < 1.29 is 14.0 Å². The summed E-state index contributed by atoms with van der Waals surface area (Å²) in [5.74, 6) is -0.158. The number of hydrogen-bond acceptors (Lipinski definition) is 3. The molecule has 0 unspecified atom stereocenters. The van der Waals surface area contributed by atoms with Gasteiger partial charge < -0.3 is 10.2 Å². The molecule has 24 heavy (non-hydrogen) atoms. The minimum atomic E-state index is -0.364. The van der Waals surface area contributed by atoms with Crippen LogP contribution in [-0.4, -0.2) is 39.6 Å². The van der Waals surface area contributed by atoms with Gasteiger partial charge in [-0.2, -0.15) is 5.10 Å². The van der Waals surface area contributed by atoms with Gasteiger partial charge in [-0.1, -0.05) is 0 Å². The number of nitrogens with one attached hydrogen (secondary N) is 1. The smallest absolute Gasteiger partial charge is 0.253 e. The summed E-state index contributed by atoms with van der Waals surface area (Å²) in [5.41, 5.74) is 0.466. The van der Waals surface area contributed by atoms with E-state index in [-0.39, 0.29) is 23.5 Å². The van der Waals surface area contributed by atoms with Crippen LogP contribution in [0.4, 0.5) is 10.2 Å². The van der Waals surface area contributed by atoms with Crippen LogP contribution in [0.1, 0.15) is 23.2 Å². The van der Waals surface area contributed by atoms with Crippen LogP contribution < -0.4 is 5.32 Å². The summed E-state index contributed by atoms with van der Waals surface area (Å²) < 4.78 is 14.6. The van der Waals surface area contributed by atoms with Gasteiger partial charge in [-0.3, -0.25) is 14.3 Å². The predicted molar refractivity (Wildman–Crippen MR) is 86.9 cm³/mol. The normalized spacial score (nSPS) is 15.3. The Morgan fingerprint density at radius 3 is 2.42 bits per heavy atom. The number of hydrogen-bond donors (Lipinski definition) is 1. The van der Waals surface area contributed by atoms with Crippen LogP contribution in [0.15, 0.2) is 36.5 Å². The van der Waals surface area contributed by atoms with E-state index < -0.39 is 0 Å². The average molecular weight is 330 g/mol. The Morgan fingerprint density at radius 1 is 1.17 bits per heavy atom. The van der Waals surface area contributed by atoms with Crippen molar-refractivity contribution >= 4 is 17.6 Å². The maximum atomic E-state index is 12.9. The molecular formula is C17H19FN4O2. The number of carbonyl (C=O) groups excluding carboxylic acids is 2. The second-order valence-electron chi connectivity index (χ2n) is 5.94. The molecule has 2 amide bonds. The summed E-state index contributed by atoms with van der Waals surface area (Å²) in [4.78, 5) is 26.3. The Kier molecular flexibility index (Phi) is 4.59. The second kappa shape index (κ2) is 6.82. The number of aryl methyl sites for hydroxylation is 1. The standard InChI is InChI=1S/C17H19FN4O2/c1-21-9-8-15(20-21)19-16(23)12-6-10-22(11-7-12)17(24)13-2-4-14(18)5-3-13/h2-5,8-9,12H,6-7,10-11H2,1H3,(H,19,20,23). The fourth-order valence-electron chi connectivity index (χ4n) is 2.83. The first kappa shape index (κ1) is 16.2. The van der Waals surface area contributed by atoms with Gasteiger partial charge in [-0.05, 0) is 37.1 Å². The first-order valence-electron chi connectivity index (χ1n) is 7.88. The monoisotopic (exact) mass is 330 g/mol. The third-order valence-electron chi connectivity index (χ3n) is 4.21. The van der Waals surface area contributed by atoms with Crippen LogP contribution in [-0.2, 0) is 11.8 Å². The Hall–Kier alpha value is -2.70. The van der Waals surface area contributed by atoms with Crippen LogP contribution in [0.25, 0.3) is 0 Å². The highest BCUT2D eigenvalue weighted by Crippen LogP contribution is 2.20. The molecule has 3 rings (SSSR count). The van der Waals surface area contributed by atoms with Crippen molar-refractivity contribution in [2.24, 2.45) is 13.0 Å². The van der Waals surface area contributed by atoms with Gasteiger partial charge in [0.15, 0.2) is 5.82 Å². The molecule has 1 aromatic heterocycles. The van der Waals surface area contributed by atoms with Crippen molar-refractivity contribution in [2.45, 2.75) is 12.8 Å². The number of aromatic nitrogens is 2. The highest BCUT2D eigenvalue weighted by Gasteiger charge is 2.28. The Bertz CT molecular complexity index is 733. The molecule has 0 radical (unpaired) electrons. The molecule has 126 valence electrons. The predicted octanol–water partition coefficient (Wildman–Crippen LogP) is 2.05. The SMILES string of the molecule is Cn1ccc(NC(=O)C2CCN(C(=O)c3ccc(F)cc3)CC2)n1. The van der Waals surface area contributed by atoms with Gasteiger partial charge in [0.2, 0.25) is 5.91 Å². The molecule has 0 bridgehead atoms. The molecule has 1 N–H and O–H groups in total. The third kappa shape index (κ3) is 3.61. The number of halogens is 1. The van der Waals surface area contributed by atoms with Gasteiger partial charge in [-0.25, -0.2) is 4.39 Å². The molecule has 1 aliphatic heterocycles. The third-order valence-corrected chi connectivity index (χ3v) is 4.21. The number of nitrogens with zero attached hydrogens (tertiary/aromatic N) is 3. The number of benzene rings is 1. The van der Waals surface area contributed by atoms with Gasteiger partial charge in [0.05, 0.1) is 0 Å². The first-order chi connectivity index (χ1) is 11.5. The lowest BCUT2D eigenvalue weighted by Gasteiger charge is -2.31. The molecule has 7 heteroatoms. The fourth-order valence-corrected chi connectivity index (χ4v) is 2.83. The van der Waals surface area contributed by atoms with E-state index in [0.717, 1.165) is 0 Å². The van der Waals surface area contributed by atoms with Crippen LogP contribution >= 0.6 is 0 Å². The molecular weight excluding hydrogens is 311 g/mol. The molecule has 1 saturated heterocycles. The Morgan fingerprint density at radius 2 is 1.83 bits per heavy atom. The number of likely N-dealkylation sites (tertiary alicyclic amines) is 1. The van der Waals surface area contributed by atoms with Crippen molar-refractivity contribution in [1.82, 2.24) is 14.7 Å². The molecule has 0 saturated carbocycles. The summed E-state index contributed by atoms with van der Waals surface area (Å²) in [6, 6.07) is 7.26. The number of amides is 2. The molecule has 1 aromatic carbocycles. The summed E-state index contributed by atoms with van der Waals surface area (Å²) in [7, 11) is 1.79. The number of rotatable bonds is 3. The van der Waals surface area contributed by atoms with E-state index >= 15 is 0 Å². The van der Waals surface area contributed by atoms with E-state index in [0.29, 0.717) is 37.3 Å². The quantitative estimate of drug-likeness (QED) is 0.936.